The van der Waals surface area contributed by atoms with Gasteiger partial charge in [0, 0.05) is 11.3 Å². The maximum Gasteiger partial charge on any atom is 0.124 e. The van der Waals surface area contributed by atoms with Gasteiger partial charge in [0.1, 0.15) is 5.75 Å². The number of benzene rings is 2. The van der Waals surface area contributed by atoms with Gasteiger partial charge in [-0.05, 0) is 24.1 Å². The summed E-state index contributed by atoms with van der Waals surface area (Å²) in [5.74, 6) is 0.858. The fraction of sp³-hybridized carbons (Fsp3) is 0.158. The van der Waals surface area contributed by atoms with E-state index in [9.17, 15) is 0 Å². The number of ether oxygens (including phenoxy) is 1. The van der Waals surface area contributed by atoms with Crippen molar-refractivity contribution in [1.82, 2.24) is 0 Å². The van der Waals surface area contributed by atoms with E-state index >= 15 is 0 Å². The summed E-state index contributed by atoms with van der Waals surface area (Å²) in [5, 5.41) is 3.53. The van der Waals surface area contributed by atoms with E-state index in [1.807, 2.05) is 48.6 Å². The largest absolute Gasteiger partial charge is 0.496 e. The monoisotopic (exact) mass is 279 g/mol. The van der Waals surface area contributed by atoms with Gasteiger partial charge in [-0.3, -0.25) is 0 Å². The number of hydrogen-bond donors (Lipinski definition) is 1. The zero-order chi connectivity index (χ0) is 15.1. The molecule has 0 aromatic heterocycles. The minimum atomic E-state index is -0.00730. The molecule has 0 saturated heterocycles. The highest BCUT2D eigenvalue weighted by atomic mass is 16.5. The third-order valence-electron chi connectivity index (χ3n) is 3.40. The standard InChI is InChI=1S/C19H21NO/c1-4-10-15-11-6-8-13-18(15)20-17(5-2)16-12-7-9-14-19(16)21-3/h4-9,11-14,17,20H,1-2,10H2,3H3/t17-/m0/s1. The van der Waals surface area contributed by atoms with Crippen LogP contribution in [0.5, 0.6) is 5.75 Å². The van der Waals surface area contributed by atoms with E-state index in [1.165, 1.54) is 5.56 Å². The second kappa shape index (κ2) is 7.34. The van der Waals surface area contributed by atoms with Crippen molar-refractivity contribution in [2.45, 2.75) is 12.5 Å². The molecule has 0 spiro atoms. The van der Waals surface area contributed by atoms with Gasteiger partial charge < -0.3 is 10.1 Å². The Morgan fingerprint density at radius 2 is 1.81 bits per heavy atom. The summed E-state index contributed by atoms with van der Waals surface area (Å²) in [7, 11) is 1.69. The first-order valence-corrected chi connectivity index (χ1v) is 7.01. The minimum absolute atomic E-state index is 0.00730. The van der Waals surface area contributed by atoms with Crippen LogP contribution in [0.2, 0.25) is 0 Å². The van der Waals surface area contributed by atoms with Crippen LogP contribution in [-0.4, -0.2) is 7.11 Å². The van der Waals surface area contributed by atoms with Crippen LogP contribution in [0.25, 0.3) is 0 Å². The van der Waals surface area contributed by atoms with Crippen LogP contribution in [0, 0.1) is 0 Å². The van der Waals surface area contributed by atoms with E-state index in [-0.39, 0.29) is 6.04 Å². The Labute approximate surface area is 126 Å². The second-order valence-electron chi connectivity index (χ2n) is 4.75. The van der Waals surface area contributed by atoms with E-state index in [1.54, 1.807) is 7.11 Å². The van der Waals surface area contributed by atoms with Gasteiger partial charge in [0.05, 0.1) is 13.2 Å². The number of allylic oxidation sites excluding steroid dienone is 1. The molecular weight excluding hydrogens is 258 g/mol. The molecule has 0 unspecified atom stereocenters. The molecule has 0 aliphatic heterocycles. The molecule has 1 N–H and O–H groups in total. The van der Waals surface area contributed by atoms with E-state index in [0.29, 0.717) is 0 Å². The number of hydrogen-bond acceptors (Lipinski definition) is 2. The Morgan fingerprint density at radius 1 is 1.10 bits per heavy atom. The minimum Gasteiger partial charge on any atom is -0.496 e. The van der Waals surface area contributed by atoms with E-state index < -0.39 is 0 Å². The highest BCUT2D eigenvalue weighted by Crippen LogP contribution is 2.29. The van der Waals surface area contributed by atoms with Crippen molar-refractivity contribution in [2.75, 3.05) is 12.4 Å². The predicted octanol–water partition coefficient (Wildman–Crippen LogP) is 4.76. The first-order chi connectivity index (χ1) is 10.3. The molecule has 1 atom stereocenters. The molecule has 21 heavy (non-hydrogen) atoms. The Bertz CT molecular complexity index is 618. The summed E-state index contributed by atoms with van der Waals surface area (Å²) in [4.78, 5) is 0. The molecule has 2 aromatic rings. The third-order valence-corrected chi connectivity index (χ3v) is 3.40. The molecule has 0 aliphatic rings. The maximum absolute atomic E-state index is 5.44. The van der Waals surface area contributed by atoms with Crippen molar-refractivity contribution in [3.63, 3.8) is 0 Å². The average Bonchev–Trinajstić information content (AvgIpc) is 2.54. The summed E-state index contributed by atoms with van der Waals surface area (Å²) in [6, 6.07) is 16.2. The first kappa shape index (κ1) is 14.9. The first-order valence-electron chi connectivity index (χ1n) is 7.01. The van der Waals surface area contributed by atoms with Crippen LogP contribution in [-0.2, 0) is 6.42 Å². The average molecular weight is 279 g/mol. The smallest absolute Gasteiger partial charge is 0.124 e. The Morgan fingerprint density at radius 3 is 2.52 bits per heavy atom. The third kappa shape index (κ3) is 3.54. The molecule has 0 amide bonds. The quantitative estimate of drug-likeness (QED) is 0.738. The van der Waals surface area contributed by atoms with Crippen LogP contribution < -0.4 is 10.1 Å². The lowest BCUT2D eigenvalue weighted by atomic mass is 10.0. The lowest BCUT2D eigenvalue weighted by Crippen LogP contribution is -2.10. The van der Waals surface area contributed by atoms with Gasteiger partial charge in [0.15, 0.2) is 0 Å². The molecule has 2 aromatic carbocycles. The molecule has 0 bridgehead atoms. The highest BCUT2D eigenvalue weighted by Gasteiger charge is 2.13. The molecule has 0 saturated carbocycles. The van der Waals surface area contributed by atoms with Crippen LogP contribution in [0.1, 0.15) is 17.2 Å². The van der Waals surface area contributed by atoms with Gasteiger partial charge in [-0.1, -0.05) is 48.6 Å². The van der Waals surface area contributed by atoms with Crippen LogP contribution in [0.3, 0.4) is 0 Å². The second-order valence-corrected chi connectivity index (χ2v) is 4.75. The molecule has 0 aliphatic carbocycles. The lowest BCUT2D eigenvalue weighted by Gasteiger charge is -2.20. The van der Waals surface area contributed by atoms with Crippen LogP contribution in [0.15, 0.2) is 73.8 Å². The Kier molecular flexibility index (Phi) is 5.22. The molecule has 108 valence electrons. The topological polar surface area (TPSA) is 21.3 Å². The summed E-state index contributed by atoms with van der Waals surface area (Å²) in [5.41, 5.74) is 3.38. The Balaban J connectivity index is 2.31. The van der Waals surface area contributed by atoms with E-state index in [4.69, 9.17) is 4.74 Å². The number of anilines is 1. The Hall–Kier alpha value is -2.48. The zero-order valence-corrected chi connectivity index (χ0v) is 12.4. The van der Waals surface area contributed by atoms with Crippen molar-refractivity contribution >= 4 is 5.69 Å². The van der Waals surface area contributed by atoms with Gasteiger partial charge in [-0.25, -0.2) is 0 Å². The van der Waals surface area contributed by atoms with Gasteiger partial charge >= 0.3 is 0 Å². The van der Waals surface area contributed by atoms with Crippen molar-refractivity contribution < 1.29 is 4.74 Å². The molecule has 0 fully saturated rings. The van der Waals surface area contributed by atoms with Crippen molar-refractivity contribution in [1.29, 1.82) is 0 Å². The van der Waals surface area contributed by atoms with Gasteiger partial charge in [0.25, 0.3) is 0 Å². The number of methoxy groups -OCH3 is 1. The van der Waals surface area contributed by atoms with Crippen LogP contribution in [0.4, 0.5) is 5.69 Å². The molecule has 2 rings (SSSR count). The molecule has 2 heteroatoms. The molecule has 2 nitrogen and oxygen atoms in total. The van der Waals surface area contributed by atoms with Crippen molar-refractivity contribution in [3.05, 3.63) is 85.0 Å². The molecular formula is C19H21NO. The van der Waals surface area contributed by atoms with E-state index in [2.05, 4.69) is 30.6 Å². The molecule has 0 heterocycles. The van der Waals surface area contributed by atoms with Crippen molar-refractivity contribution in [3.8, 4) is 5.75 Å². The predicted molar refractivity (Wildman–Crippen MR) is 89.9 cm³/mol. The summed E-state index contributed by atoms with van der Waals surface area (Å²) < 4.78 is 5.44. The fourth-order valence-corrected chi connectivity index (χ4v) is 2.35. The van der Waals surface area contributed by atoms with E-state index in [0.717, 1.165) is 23.4 Å². The van der Waals surface area contributed by atoms with Crippen LogP contribution >= 0.6 is 0 Å². The van der Waals surface area contributed by atoms with Crippen molar-refractivity contribution in [2.24, 2.45) is 0 Å². The van der Waals surface area contributed by atoms with Gasteiger partial charge in [-0.15, -0.1) is 13.2 Å². The van der Waals surface area contributed by atoms with Gasteiger partial charge in [0.2, 0.25) is 0 Å². The summed E-state index contributed by atoms with van der Waals surface area (Å²) in [6.45, 7) is 7.76. The maximum atomic E-state index is 5.44. The zero-order valence-electron chi connectivity index (χ0n) is 12.4. The summed E-state index contributed by atoms with van der Waals surface area (Å²) in [6.07, 6.45) is 4.63. The SMILES string of the molecule is C=CCc1ccccc1N[C@@H](C=C)c1ccccc1OC. The normalized spacial score (nSPS) is 11.5. The number of para-hydroxylation sites is 2. The number of rotatable bonds is 7. The number of nitrogens with one attached hydrogen (secondary N) is 1. The lowest BCUT2D eigenvalue weighted by molar-refractivity contribution is 0.409. The highest BCUT2D eigenvalue weighted by molar-refractivity contribution is 5.55. The van der Waals surface area contributed by atoms with Gasteiger partial charge in [-0.2, -0.15) is 0 Å². The molecule has 0 radical (unpaired) electrons. The fourth-order valence-electron chi connectivity index (χ4n) is 2.35. The summed E-state index contributed by atoms with van der Waals surface area (Å²) >= 11 is 0.